The molecule has 0 saturated heterocycles. The predicted octanol–water partition coefficient (Wildman–Crippen LogP) is 4.24. The van der Waals surface area contributed by atoms with Crippen LogP contribution in [0.15, 0.2) is 47.6 Å². The highest BCUT2D eigenvalue weighted by Gasteiger charge is 2.22. The van der Waals surface area contributed by atoms with Gasteiger partial charge in [-0.1, -0.05) is 32.0 Å². The fraction of sp³-hybridized carbons (Fsp3) is 0.444. The number of ether oxygens (including phenoxy) is 3. The van der Waals surface area contributed by atoms with Crippen molar-refractivity contribution in [1.82, 2.24) is 10.7 Å². The molecule has 2 amide bonds. The maximum Gasteiger partial charge on any atom is 0.262 e. The molecular weight excluding hydrogens is 446 g/mol. The second-order valence-electron chi connectivity index (χ2n) is 8.84. The van der Waals surface area contributed by atoms with Crippen LogP contribution in [0.25, 0.3) is 0 Å². The summed E-state index contributed by atoms with van der Waals surface area (Å²) in [6, 6.07) is 12.1. The van der Waals surface area contributed by atoms with Crippen molar-refractivity contribution in [3.63, 3.8) is 0 Å². The largest absolute Gasteiger partial charge is 0.490 e. The monoisotopic (exact) mass is 483 g/mol. The zero-order chi connectivity index (χ0) is 25.8. The summed E-state index contributed by atoms with van der Waals surface area (Å²) in [5.41, 5.74) is 4.20. The minimum Gasteiger partial charge on any atom is -0.490 e. The van der Waals surface area contributed by atoms with Gasteiger partial charge in [-0.2, -0.15) is 5.10 Å². The number of nitrogens with zero attached hydrogens (tertiary/aromatic N) is 1. The van der Waals surface area contributed by atoms with Gasteiger partial charge in [0.2, 0.25) is 0 Å². The highest BCUT2D eigenvalue weighted by atomic mass is 16.5. The van der Waals surface area contributed by atoms with E-state index in [0.717, 1.165) is 11.1 Å². The third-order valence-electron chi connectivity index (χ3n) is 4.83. The second-order valence-corrected chi connectivity index (χ2v) is 8.84. The second kappa shape index (κ2) is 14.0. The lowest BCUT2D eigenvalue weighted by atomic mass is 10.0. The van der Waals surface area contributed by atoms with E-state index in [1.807, 2.05) is 71.9 Å². The number of hydrogen-bond acceptors (Lipinski definition) is 6. The first kappa shape index (κ1) is 27.7. The van der Waals surface area contributed by atoms with Crippen molar-refractivity contribution in [2.75, 3.05) is 13.2 Å². The van der Waals surface area contributed by atoms with Gasteiger partial charge in [0, 0.05) is 0 Å². The number of hydrazone groups is 1. The standard InChI is InChI=1S/C27H37N3O5/c1-7-33-25-15-21(12-13-24(25)35-19(4)5)16-28-30-27(32)22(14-18(2)3)29-26(31)17-34-23-11-9-8-10-20(23)6/h8-13,15-16,18-19,22H,7,14,17H2,1-6H3,(H,29,31)(H,30,32)/b28-16-/t22-/m0/s1. The molecule has 2 rings (SSSR count). The molecule has 0 aromatic heterocycles. The molecule has 8 heteroatoms. The molecule has 0 aliphatic heterocycles. The summed E-state index contributed by atoms with van der Waals surface area (Å²) in [4.78, 5) is 25.2. The van der Waals surface area contributed by atoms with Gasteiger partial charge in [-0.05, 0) is 75.4 Å². The summed E-state index contributed by atoms with van der Waals surface area (Å²) >= 11 is 0. The number of hydrogen-bond donors (Lipinski definition) is 2. The topological polar surface area (TPSA) is 98.2 Å². The van der Waals surface area contributed by atoms with Crippen LogP contribution in [0, 0.1) is 12.8 Å². The molecule has 2 N–H and O–H groups in total. The van der Waals surface area contributed by atoms with E-state index in [2.05, 4.69) is 15.8 Å². The number of aryl methyl sites for hydroxylation is 1. The number of para-hydroxylation sites is 1. The van der Waals surface area contributed by atoms with Crippen LogP contribution in [0.5, 0.6) is 17.2 Å². The Labute approximate surface area is 208 Å². The van der Waals surface area contributed by atoms with Crippen LogP contribution in [0.4, 0.5) is 0 Å². The lowest BCUT2D eigenvalue weighted by Gasteiger charge is -2.19. The van der Waals surface area contributed by atoms with Gasteiger partial charge < -0.3 is 19.5 Å². The molecule has 35 heavy (non-hydrogen) atoms. The van der Waals surface area contributed by atoms with Gasteiger partial charge in [-0.25, -0.2) is 5.43 Å². The predicted molar refractivity (Wildman–Crippen MR) is 137 cm³/mol. The summed E-state index contributed by atoms with van der Waals surface area (Å²) in [5.74, 6) is 1.30. The van der Waals surface area contributed by atoms with Crippen LogP contribution >= 0.6 is 0 Å². The number of nitrogens with one attached hydrogen (secondary N) is 2. The summed E-state index contributed by atoms with van der Waals surface area (Å²) in [6.45, 7) is 12.0. The van der Waals surface area contributed by atoms with Crippen LogP contribution in [0.3, 0.4) is 0 Å². The minimum atomic E-state index is -0.735. The van der Waals surface area contributed by atoms with Crippen molar-refractivity contribution in [2.45, 2.75) is 60.1 Å². The van der Waals surface area contributed by atoms with Crippen molar-refractivity contribution in [1.29, 1.82) is 0 Å². The SMILES string of the molecule is CCOc1cc(/C=N\NC(=O)[C@H](CC(C)C)NC(=O)COc2ccccc2C)ccc1OC(C)C. The molecule has 1 atom stereocenters. The van der Waals surface area contributed by atoms with E-state index in [0.29, 0.717) is 30.3 Å². The molecule has 8 nitrogen and oxygen atoms in total. The van der Waals surface area contributed by atoms with Crippen LogP contribution in [0.2, 0.25) is 0 Å². The molecule has 0 saturated carbocycles. The molecule has 0 fully saturated rings. The first-order chi connectivity index (χ1) is 16.7. The Bertz CT molecular complexity index is 1000. The van der Waals surface area contributed by atoms with Crippen molar-refractivity contribution in [2.24, 2.45) is 11.0 Å². The highest BCUT2D eigenvalue weighted by Crippen LogP contribution is 2.29. The van der Waals surface area contributed by atoms with Gasteiger partial charge in [0.1, 0.15) is 11.8 Å². The molecule has 0 radical (unpaired) electrons. The fourth-order valence-corrected chi connectivity index (χ4v) is 3.27. The molecule has 0 heterocycles. The summed E-state index contributed by atoms with van der Waals surface area (Å²) < 4.78 is 17.0. The minimum absolute atomic E-state index is 0.0169. The average molecular weight is 484 g/mol. The van der Waals surface area contributed by atoms with Crippen molar-refractivity contribution < 1.29 is 23.8 Å². The molecule has 2 aromatic rings. The van der Waals surface area contributed by atoms with E-state index in [1.54, 1.807) is 12.1 Å². The Hall–Kier alpha value is -3.55. The third kappa shape index (κ3) is 9.68. The van der Waals surface area contributed by atoms with Gasteiger partial charge in [-0.15, -0.1) is 0 Å². The number of amides is 2. The average Bonchev–Trinajstić information content (AvgIpc) is 2.79. The van der Waals surface area contributed by atoms with E-state index < -0.39 is 11.9 Å². The Kier molecular flexibility index (Phi) is 11.1. The Morgan fingerprint density at radius 2 is 1.74 bits per heavy atom. The fourth-order valence-electron chi connectivity index (χ4n) is 3.27. The van der Waals surface area contributed by atoms with E-state index in [9.17, 15) is 9.59 Å². The van der Waals surface area contributed by atoms with Gasteiger partial charge in [-0.3, -0.25) is 9.59 Å². The van der Waals surface area contributed by atoms with Gasteiger partial charge in [0.15, 0.2) is 18.1 Å². The summed E-state index contributed by atoms with van der Waals surface area (Å²) in [5, 5.41) is 6.82. The zero-order valence-electron chi connectivity index (χ0n) is 21.5. The highest BCUT2D eigenvalue weighted by molar-refractivity contribution is 5.89. The Morgan fingerprint density at radius 3 is 2.40 bits per heavy atom. The molecule has 190 valence electrons. The van der Waals surface area contributed by atoms with Gasteiger partial charge >= 0.3 is 0 Å². The number of carbonyl (C=O) groups excluding carboxylic acids is 2. The molecule has 0 aliphatic carbocycles. The molecule has 0 aliphatic rings. The number of rotatable bonds is 13. The molecular formula is C27H37N3O5. The number of benzene rings is 2. The van der Waals surface area contributed by atoms with Crippen LogP contribution < -0.4 is 25.0 Å². The van der Waals surface area contributed by atoms with E-state index in [-0.39, 0.29) is 24.5 Å². The van der Waals surface area contributed by atoms with E-state index in [4.69, 9.17) is 14.2 Å². The Morgan fingerprint density at radius 1 is 1.00 bits per heavy atom. The first-order valence-corrected chi connectivity index (χ1v) is 11.9. The number of carbonyl (C=O) groups is 2. The molecule has 2 aromatic carbocycles. The van der Waals surface area contributed by atoms with Crippen LogP contribution in [-0.4, -0.2) is 43.4 Å². The van der Waals surface area contributed by atoms with Gasteiger partial charge in [0.25, 0.3) is 11.8 Å². The quantitative estimate of drug-likeness (QED) is 0.328. The van der Waals surface area contributed by atoms with Crippen LogP contribution in [0.1, 0.15) is 52.2 Å². The molecule has 0 unspecified atom stereocenters. The van der Waals surface area contributed by atoms with Crippen LogP contribution in [-0.2, 0) is 9.59 Å². The molecule has 0 bridgehead atoms. The maximum atomic E-state index is 12.8. The van der Waals surface area contributed by atoms with Crippen molar-refractivity contribution >= 4 is 18.0 Å². The first-order valence-electron chi connectivity index (χ1n) is 11.9. The van der Waals surface area contributed by atoms with Crippen molar-refractivity contribution in [3.8, 4) is 17.2 Å². The van der Waals surface area contributed by atoms with E-state index in [1.165, 1.54) is 6.21 Å². The normalized spacial score (nSPS) is 12.0. The maximum absolute atomic E-state index is 12.8. The van der Waals surface area contributed by atoms with Crippen molar-refractivity contribution in [3.05, 3.63) is 53.6 Å². The lowest BCUT2D eigenvalue weighted by molar-refractivity contribution is -0.130. The summed E-state index contributed by atoms with van der Waals surface area (Å²) in [6.07, 6.45) is 2.01. The lowest BCUT2D eigenvalue weighted by Crippen LogP contribution is -2.47. The molecule has 0 spiro atoms. The summed E-state index contributed by atoms with van der Waals surface area (Å²) in [7, 11) is 0. The Balaban J connectivity index is 1.99. The third-order valence-corrected chi connectivity index (χ3v) is 4.83. The van der Waals surface area contributed by atoms with Gasteiger partial charge in [0.05, 0.1) is 18.9 Å². The van der Waals surface area contributed by atoms with E-state index >= 15 is 0 Å². The smallest absolute Gasteiger partial charge is 0.262 e. The zero-order valence-corrected chi connectivity index (χ0v) is 21.5.